The van der Waals surface area contributed by atoms with E-state index in [2.05, 4.69) is 4.99 Å². The molecule has 4 aromatic rings. The first kappa shape index (κ1) is 24.5. The van der Waals surface area contributed by atoms with Crippen LogP contribution in [0.4, 0.5) is 0 Å². The Morgan fingerprint density at radius 2 is 1.86 bits per heavy atom. The smallest absolute Gasteiger partial charge is 0.363 e. The van der Waals surface area contributed by atoms with Gasteiger partial charge in [0.15, 0.2) is 17.2 Å². The third-order valence-corrected chi connectivity index (χ3v) is 7.11. The van der Waals surface area contributed by atoms with E-state index in [1.807, 2.05) is 31.2 Å². The number of cyclic esters (lactones) is 1. The van der Waals surface area contributed by atoms with Gasteiger partial charge < -0.3 is 18.9 Å². The number of ether oxygens (including phenoxy) is 4. The fraction of sp³-hybridized carbons (Fsp3) is 0.107. The Kier molecular flexibility index (Phi) is 6.94. The van der Waals surface area contributed by atoms with E-state index in [-0.39, 0.29) is 17.3 Å². The molecule has 186 valence electrons. The molecule has 0 amide bonds. The van der Waals surface area contributed by atoms with Crippen molar-refractivity contribution in [2.24, 2.45) is 4.99 Å². The topological polar surface area (TPSA) is 83.4 Å². The molecule has 0 fully saturated rings. The van der Waals surface area contributed by atoms with E-state index in [1.165, 1.54) is 11.3 Å². The molecule has 0 unspecified atom stereocenters. The van der Waals surface area contributed by atoms with Crippen molar-refractivity contribution >= 4 is 56.9 Å². The van der Waals surface area contributed by atoms with E-state index in [0.29, 0.717) is 39.1 Å². The number of halogens is 1. The van der Waals surface area contributed by atoms with E-state index in [1.54, 1.807) is 55.7 Å². The van der Waals surface area contributed by atoms with Gasteiger partial charge in [0.25, 0.3) is 0 Å². The van der Waals surface area contributed by atoms with Crippen molar-refractivity contribution in [2.75, 3.05) is 13.7 Å². The fourth-order valence-electron chi connectivity index (χ4n) is 3.68. The molecule has 7 nitrogen and oxygen atoms in total. The molecule has 3 aromatic carbocycles. The van der Waals surface area contributed by atoms with Gasteiger partial charge in [0.1, 0.15) is 10.6 Å². The summed E-state index contributed by atoms with van der Waals surface area (Å²) < 4.78 is 22.7. The van der Waals surface area contributed by atoms with Gasteiger partial charge in [-0.15, -0.1) is 11.3 Å². The molecular formula is C28H20ClNO6S. The van der Waals surface area contributed by atoms with Gasteiger partial charge in [0.2, 0.25) is 5.90 Å². The minimum Gasteiger partial charge on any atom is -0.497 e. The molecule has 5 rings (SSSR count). The summed E-state index contributed by atoms with van der Waals surface area (Å²) in [5.74, 6) is 0.315. The molecule has 0 radical (unpaired) electrons. The van der Waals surface area contributed by atoms with E-state index in [9.17, 15) is 9.59 Å². The van der Waals surface area contributed by atoms with Crippen molar-refractivity contribution in [1.29, 1.82) is 0 Å². The third-order valence-electron chi connectivity index (χ3n) is 5.45. The summed E-state index contributed by atoms with van der Waals surface area (Å²) in [6, 6.07) is 19.5. The van der Waals surface area contributed by atoms with Crippen LogP contribution in [-0.4, -0.2) is 31.6 Å². The highest BCUT2D eigenvalue weighted by molar-refractivity contribution is 7.21. The number of carbonyl (C=O) groups is 2. The highest BCUT2D eigenvalue weighted by Gasteiger charge is 2.25. The molecule has 0 aliphatic carbocycles. The van der Waals surface area contributed by atoms with Crippen LogP contribution in [0.25, 0.3) is 16.2 Å². The number of carbonyl (C=O) groups excluding carboxylic acids is 2. The second-order valence-corrected chi connectivity index (χ2v) is 9.26. The maximum Gasteiger partial charge on any atom is 0.363 e. The van der Waals surface area contributed by atoms with Crippen LogP contribution in [0, 0.1) is 0 Å². The summed E-state index contributed by atoms with van der Waals surface area (Å²) in [6.07, 6.45) is 1.58. The lowest BCUT2D eigenvalue weighted by Crippen LogP contribution is -2.08. The highest BCUT2D eigenvalue weighted by atomic mass is 35.5. The molecule has 1 aliphatic heterocycles. The minimum atomic E-state index is -0.577. The van der Waals surface area contributed by atoms with Crippen molar-refractivity contribution in [2.45, 2.75) is 6.92 Å². The van der Waals surface area contributed by atoms with Gasteiger partial charge in [-0.1, -0.05) is 35.9 Å². The zero-order valence-electron chi connectivity index (χ0n) is 19.8. The summed E-state index contributed by atoms with van der Waals surface area (Å²) >= 11 is 7.70. The number of thiophene rings is 1. The lowest BCUT2D eigenvalue weighted by Gasteiger charge is -2.11. The lowest BCUT2D eigenvalue weighted by atomic mass is 10.1. The summed E-state index contributed by atoms with van der Waals surface area (Å²) in [5.41, 5.74) is 1.40. The number of methoxy groups -OCH3 is 1. The Labute approximate surface area is 221 Å². The molecule has 1 aliphatic rings. The number of rotatable bonds is 7. The lowest BCUT2D eigenvalue weighted by molar-refractivity contribution is -0.129. The molecular weight excluding hydrogens is 514 g/mol. The van der Waals surface area contributed by atoms with Crippen LogP contribution in [0.5, 0.6) is 17.2 Å². The van der Waals surface area contributed by atoms with Gasteiger partial charge in [-0.2, -0.15) is 0 Å². The molecule has 0 atom stereocenters. The number of nitrogens with zero attached hydrogens (tertiary/aromatic N) is 1. The van der Waals surface area contributed by atoms with Crippen molar-refractivity contribution in [3.63, 3.8) is 0 Å². The van der Waals surface area contributed by atoms with Crippen molar-refractivity contribution in [3.05, 3.63) is 93.5 Å². The molecule has 0 N–H and O–H groups in total. The standard InChI is InChI=1S/C28H20ClNO6S/c1-3-34-22-15-16(14-20-27(31)36-26(30-20)17-9-11-18(33-2)12-10-17)8-13-21(22)35-28(32)25-24(29)19-6-4-5-7-23(19)37-25/h4-15H,3H2,1-2H3/b20-14+. The predicted octanol–water partition coefficient (Wildman–Crippen LogP) is 6.53. The summed E-state index contributed by atoms with van der Waals surface area (Å²) in [5, 5.41) is 1.15. The summed E-state index contributed by atoms with van der Waals surface area (Å²) in [7, 11) is 1.57. The number of esters is 2. The number of aliphatic imine (C=N–C) groups is 1. The molecule has 0 spiro atoms. The zero-order chi connectivity index (χ0) is 25.9. The second kappa shape index (κ2) is 10.5. The number of benzene rings is 3. The molecule has 9 heteroatoms. The first-order valence-corrected chi connectivity index (χ1v) is 12.5. The molecule has 1 aromatic heterocycles. The van der Waals surface area contributed by atoms with E-state index < -0.39 is 11.9 Å². The number of hydrogen-bond donors (Lipinski definition) is 0. The second-order valence-electron chi connectivity index (χ2n) is 7.83. The van der Waals surface area contributed by atoms with Crippen molar-refractivity contribution in [1.82, 2.24) is 0 Å². The predicted molar refractivity (Wildman–Crippen MR) is 143 cm³/mol. The van der Waals surface area contributed by atoms with E-state index >= 15 is 0 Å². The van der Waals surface area contributed by atoms with Crippen LogP contribution in [-0.2, 0) is 9.53 Å². The van der Waals surface area contributed by atoms with Crippen LogP contribution in [0.1, 0.15) is 27.7 Å². The van der Waals surface area contributed by atoms with E-state index in [0.717, 1.165) is 10.1 Å². The third kappa shape index (κ3) is 5.07. The maximum absolute atomic E-state index is 12.9. The quantitative estimate of drug-likeness (QED) is 0.153. The van der Waals surface area contributed by atoms with Crippen LogP contribution in [0.3, 0.4) is 0 Å². The van der Waals surface area contributed by atoms with Gasteiger partial charge in [0, 0.05) is 15.6 Å². The Balaban J connectivity index is 1.40. The Hall–Kier alpha value is -4.14. The van der Waals surface area contributed by atoms with Crippen LogP contribution in [0.2, 0.25) is 5.02 Å². The fourth-order valence-corrected chi connectivity index (χ4v) is 5.07. The summed E-state index contributed by atoms with van der Waals surface area (Å²) in [4.78, 5) is 30.0. The van der Waals surface area contributed by atoms with Crippen LogP contribution in [0.15, 0.2) is 77.4 Å². The molecule has 0 saturated carbocycles. The molecule has 2 heterocycles. The molecule has 0 saturated heterocycles. The average Bonchev–Trinajstić information content (AvgIpc) is 3.45. The van der Waals surface area contributed by atoms with Crippen molar-refractivity contribution in [3.8, 4) is 17.2 Å². The Morgan fingerprint density at radius 1 is 1.08 bits per heavy atom. The first-order valence-electron chi connectivity index (χ1n) is 11.3. The Bertz CT molecular complexity index is 1570. The van der Waals surface area contributed by atoms with Crippen molar-refractivity contribution < 1.29 is 28.5 Å². The van der Waals surface area contributed by atoms with Gasteiger partial charge in [-0.25, -0.2) is 14.6 Å². The number of hydrogen-bond acceptors (Lipinski definition) is 8. The van der Waals surface area contributed by atoms with Gasteiger partial charge >= 0.3 is 11.9 Å². The monoisotopic (exact) mass is 533 g/mol. The minimum absolute atomic E-state index is 0.134. The van der Waals surface area contributed by atoms with Crippen LogP contribution >= 0.6 is 22.9 Å². The maximum atomic E-state index is 12.9. The summed E-state index contributed by atoms with van der Waals surface area (Å²) in [6.45, 7) is 2.16. The molecule has 0 bridgehead atoms. The average molecular weight is 534 g/mol. The zero-order valence-corrected chi connectivity index (χ0v) is 21.4. The Morgan fingerprint density at radius 3 is 2.59 bits per heavy atom. The van der Waals surface area contributed by atoms with Gasteiger partial charge in [-0.3, -0.25) is 0 Å². The first-order chi connectivity index (χ1) is 18.0. The van der Waals surface area contributed by atoms with E-state index in [4.69, 9.17) is 30.5 Å². The largest absolute Gasteiger partial charge is 0.497 e. The normalized spacial score (nSPS) is 14.0. The van der Waals surface area contributed by atoms with Gasteiger partial charge in [-0.05, 0) is 61.0 Å². The highest BCUT2D eigenvalue weighted by Crippen LogP contribution is 2.37. The SMILES string of the molecule is CCOc1cc(/C=C2/N=C(c3ccc(OC)cc3)OC2=O)ccc1OC(=O)c1sc2ccccc2c1Cl. The molecule has 37 heavy (non-hydrogen) atoms. The number of fused-ring (bicyclic) bond motifs is 1. The van der Waals surface area contributed by atoms with Crippen LogP contribution < -0.4 is 14.2 Å². The van der Waals surface area contributed by atoms with Gasteiger partial charge in [0.05, 0.1) is 18.7 Å².